The lowest BCUT2D eigenvalue weighted by molar-refractivity contribution is 0.548. The van der Waals surface area contributed by atoms with Gasteiger partial charge in [0.05, 0.1) is 0 Å². The zero-order valence-electron chi connectivity index (χ0n) is 9.72. The van der Waals surface area contributed by atoms with Crippen LogP contribution >= 0.6 is 0 Å². The van der Waals surface area contributed by atoms with Crippen molar-refractivity contribution in [3.8, 4) is 0 Å². The van der Waals surface area contributed by atoms with E-state index in [1.807, 2.05) is 0 Å². The van der Waals surface area contributed by atoms with Crippen molar-refractivity contribution in [2.24, 2.45) is 11.8 Å². The molecule has 0 fully saturated rings. The minimum Gasteiger partial charge on any atom is -0.0995 e. The van der Waals surface area contributed by atoms with Crippen LogP contribution in [0.1, 0.15) is 27.7 Å². The molecule has 0 aromatic carbocycles. The van der Waals surface area contributed by atoms with Gasteiger partial charge in [-0.15, -0.1) is 0 Å². The normalized spacial score (nSPS) is 26.6. The maximum atomic E-state index is 4.09. The second-order valence-corrected chi connectivity index (χ2v) is 4.42. The minimum atomic E-state index is 0.456. The number of rotatable bonds is 2. The summed E-state index contributed by atoms with van der Waals surface area (Å²) in [5, 5.41) is 0. The molecule has 1 rings (SSSR count). The summed E-state index contributed by atoms with van der Waals surface area (Å²) >= 11 is 0. The molecule has 0 N–H and O–H groups in total. The molecule has 1 aliphatic carbocycles. The summed E-state index contributed by atoms with van der Waals surface area (Å²) in [6.45, 7) is 16.7. The summed E-state index contributed by atoms with van der Waals surface area (Å²) in [4.78, 5) is 0. The minimum absolute atomic E-state index is 0.456. The largest absolute Gasteiger partial charge is 0.0995 e. The van der Waals surface area contributed by atoms with E-state index < -0.39 is 0 Å². The van der Waals surface area contributed by atoms with Gasteiger partial charge < -0.3 is 0 Å². The summed E-state index contributed by atoms with van der Waals surface area (Å²) in [7, 11) is 0. The molecule has 76 valence electrons. The van der Waals surface area contributed by atoms with Gasteiger partial charge in [-0.1, -0.05) is 43.4 Å². The summed E-state index contributed by atoms with van der Waals surface area (Å²) in [6, 6.07) is 0. The molecular formula is C14H20. The first-order valence-corrected chi connectivity index (χ1v) is 5.15. The molecule has 0 nitrogen and oxygen atoms in total. The van der Waals surface area contributed by atoms with Gasteiger partial charge in [-0.25, -0.2) is 0 Å². The Balaban J connectivity index is 3.20. The molecule has 2 atom stereocenters. The fraction of sp³-hybridized carbons (Fsp3) is 0.429. The van der Waals surface area contributed by atoms with E-state index in [2.05, 4.69) is 53.0 Å². The molecule has 0 aliphatic heterocycles. The van der Waals surface area contributed by atoms with Crippen molar-refractivity contribution in [2.45, 2.75) is 27.7 Å². The zero-order chi connectivity index (χ0) is 10.9. The lowest BCUT2D eigenvalue weighted by atomic mass is 9.74. The maximum Gasteiger partial charge on any atom is 0.0108 e. The third-order valence-electron chi connectivity index (χ3n) is 2.90. The number of hydrogen-bond acceptors (Lipinski definition) is 0. The molecule has 14 heavy (non-hydrogen) atoms. The Morgan fingerprint density at radius 3 is 2.21 bits per heavy atom. The highest BCUT2D eigenvalue weighted by Crippen LogP contribution is 2.37. The highest BCUT2D eigenvalue weighted by atomic mass is 14.3. The van der Waals surface area contributed by atoms with E-state index in [0.717, 1.165) is 0 Å². The van der Waals surface area contributed by atoms with Gasteiger partial charge in [0.1, 0.15) is 0 Å². The van der Waals surface area contributed by atoms with Crippen LogP contribution in [-0.2, 0) is 0 Å². The Morgan fingerprint density at radius 2 is 1.86 bits per heavy atom. The van der Waals surface area contributed by atoms with E-state index >= 15 is 0 Å². The average molecular weight is 188 g/mol. The van der Waals surface area contributed by atoms with Crippen LogP contribution in [0.25, 0.3) is 0 Å². The first-order valence-electron chi connectivity index (χ1n) is 5.15. The van der Waals surface area contributed by atoms with Crippen molar-refractivity contribution in [2.75, 3.05) is 0 Å². The Morgan fingerprint density at radius 1 is 1.29 bits per heavy atom. The summed E-state index contributed by atoms with van der Waals surface area (Å²) in [5.41, 5.74) is 5.13. The van der Waals surface area contributed by atoms with Gasteiger partial charge in [-0.2, -0.15) is 0 Å². The molecule has 0 amide bonds. The van der Waals surface area contributed by atoms with Gasteiger partial charge in [0, 0.05) is 5.92 Å². The van der Waals surface area contributed by atoms with E-state index in [1.165, 1.54) is 22.3 Å². The molecule has 0 saturated heterocycles. The summed E-state index contributed by atoms with van der Waals surface area (Å²) in [6.07, 6.45) is 4.47. The third kappa shape index (κ3) is 1.89. The van der Waals surface area contributed by atoms with Gasteiger partial charge >= 0.3 is 0 Å². The summed E-state index contributed by atoms with van der Waals surface area (Å²) < 4.78 is 0. The monoisotopic (exact) mass is 188 g/mol. The fourth-order valence-electron chi connectivity index (χ4n) is 2.30. The van der Waals surface area contributed by atoms with Crippen molar-refractivity contribution < 1.29 is 0 Å². The molecule has 0 bridgehead atoms. The number of allylic oxidation sites excluding steroid dienone is 6. The predicted molar refractivity (Wildman–Crippen MR) is 64.1 cm³/mol. The van der Waals surface area contributed by atoms with Gasteiger partial charge in [-0.3, -0.25) is 0 Å². The van der Waals surface area contributed by atoms with Crippen molar-refractivity contribution in [3.05, 3.63) is 47.6 Å². The SMILES string of the molecule is C=C(C)C1=C(C)C=CC(C)C1C(=C)C. The molecule has 0 aromatic heterocycles. The van der Waals surface area contributed by atoms with Crippen molar-refractivity contribution >= 4 is 0 Å². The topological polar surface area (TPSA) is 0 Å². The zero-order valence-corrected chi connectivity index (χ0v) is 9.72. The fourth-order valence-corrected chi connectivity index (χ4v) is 2.30. The Bertz CT molecular complexity index is 326. The summed E-state index contributed by atoms with van der Waals surface area (Å²) in [5.74, 6) is 1.00. The Hall–Kier alpha value is -1.04. The van der Waals surface area contributed by atoms with E-state index in [0.29, 0.717) is 11.8 Å². The van der Waals surface area contributed by atoms with E-state index in [4.69, 9.17) is 0 Å². The lowest BCUT2D eigenvalue weighted by Gasteiger charge is -2.30. The molecule has 0 aromatic rings. The van der Waals surface area contributed by atoms with Crippen LogP contribution in [0.15, 0.2) is 47.6 Å². The van der Waals surface area contributed by atoms with E-state index in [9.17, 15) is 0 Å². The first-order chi connectivity index (χ1) is 6.45. The molecule has 0 heterocycles. The number of hydrogen-bond donors (Lipinski definition) is 0. The standard InChI is InChI=1S/C14H20/c1-9(2)13-11(5)7-8-12(6)14(13)10(3)4/h7-8,11,13H,1,3H2,2,4-6H3. The third-order valence-corrected chi connectivity index (χ3v) is 2.90. The molecule has 0 radical (unpaired) electrons. The van der Waals surface area contributed by atoms with Crippen molar-refractivity contribution in [1.82, 2.24) is 0 Å². The molecule has 1 aliphatic rings. The Labute approximate surface area is 87.7 Å². The molecule has 2 unspecified atom stereocenters. The highest BCUT2D eigenvalue weighted by molar-refractivity contribution is 5.45. The van der Waals surface area contributed by atoms with Crippen LogP contribution in [-0.4, -0.2) is 0 Å². The van der Waals surface area contributed by atoms with Crippen LogP contribution in [0, 0.1) is 11.8 Å². The van der Waals surface area contributed by atoms with Crippen LogP contribution in [0.4, 0.5) is 0 Å². The van der Waals surface area contributed by atoms with Crippen molar-refractivity contribution in [3.63, 3.8) is 0 Å². The van der Waals surface area contributed by atoms with Crippen molar-refractivity contribution in [1.29, 1.82) is 0 Å². The van der Waals surface area contributed by atoms with E-state index in [-0.39, 0.29) is 0 Å². The Kier molecular flexibility index (Phi) is 3.15. The lowest BCUT2D eigenvalue weighted by Crippen LogP contribution is -2.18. The molecule has 0 spiro atoms. The van der Waals surface area contributed by atoms with Gasteiger partial charge in [0.2, 0.25) is 0 Å². The second-order valence-electron chi connectivity index (χ2n) is 4.42. The second kappa shape index (κ2) is 4.00. The van der Waals surface area contributed by atoms with Crippen LogP contribution in [0.5, 0.6) is 0 Å². The molecule has 0 saturated carbocycles. The van der Waals surface area contributed by atoms with Gasteiger partial charge in [0.15, 0.2) is 0 Å². The molecular weight excluding hydrogens is 168 g/mol. The van der Waals surface area contributed by atoms with Gasteiger partial charge in [0.25, 0.3) is 0 Å². The van der Waals surface area contributed by atoms with Crippen LogP contribution in [0.3, 0.4) is 0 Å². The maximum absolute atomic E-state index is 4.09. The predicted octanol–water partition coefficient (Wildman–Crippen LogP) is 4.28. The van der Waals surface area contributed by atoms with Crippen LogP contribution in [0.2, 0.25) is 0 Å². The molecule has 0 heteroatoms. The first kappa shape index (κ1) is 11.0. The highest BCUT2D eigenvalue weighted by Gasteiger charge is 2.24. The average Bonchev–Trinajstić information content (AvgIpc) is 2.07. The van der Waals surface area contributed by atoms with E-state index in [1.54, 1.807) is 0 Å². The smallest absolute Gasteiger partial charge is 0.0108 e. The van der Waals surface area contributed by atoms with Gasteiger partial charge in [-0.05, 0) is 37.8 Å². The van der Waals surface area contributed by atoms with Crippen LogP contribution < -0.4 is 0 Å². The quantitative estimate of drug-likeness (QED) is 0.567.